The highest BCUT2D eigenvalue weighted by molar-refractivity contribution is 5.93. The monoisotopic (exact) mass is 346 g/mol. The van der Waals surface area contributed by atoms with Crippen LogP contribution in [0.3, 0.4) is 0 Å². The van der Waals surface area contributed by atoms with Crippen LogP contribution in [0.25, 0.3) is 0 Å². The Morgan fingerprint density at radius 1 is 0.654 bits per heavy atom. The van der Waals surface area contributed by atoms with Crippen molar-refractivity contribution >= 4 is 11.9 Å². The maximum absolute atomic E-state index is 11.6. The Bertz CT molecular complexity index is 897. The smallest absolute Gasteiger partial charge is 0.390 e. The van der Waals surface area contributed by atoms with Gasteiger partial charge in [0.2, 0.25) is 0 Å². The molecule has 0 amide bonds. The molecule has 0 saturated heterocycles. The number of benzene rings is 2. The van der Waals surface area contributed by atoms with Crippen LogP contribution in [0.4, 0.5) is 0 Å². The van der Waals surface area contributed by atoms with E-state index in [2.05, 4.69) is 23.7 Å². The van der Waals surface area contributed by atoms with Crippen molar-refractivity contribution in [3.63, 3.8) is 0 Å². The first kappa shape index (κ1) is 18.8. The number of aryl methyl sites for hydroxylation is 4. The highest BCUT2D eigenvalue weighted by Crippen LogP contribution is 2.17. The second kappa shape index (κ2) is 8.55. The van der Waals surface area contributed by atoms with E-state index in [0.717, 1.165) is 22.3 Å². The van der Waals surface area contributed by atoms with Crippen molar-refractivity contribution in [1.29, 1.82) is 0 Å². The lowest BCUT2D eigenvalue weighted by Gasteiger charge is -2.03. The van der Waals surface area contributed by atoms with Crippen molar-refractivity contribution in [3.05, 3.63) is 58.7 Å². The number of ether oxygens (including phenoxy) is 2. The molecule has 0 bridgehead atoms. The Kier molecular flexibility index (Phi) is 6.20. The molecule has 0 unspecified atom stereocenters. The molecule has 130 valence electrons. The van der Waals surface area contributed by atoms with Crippen molar-refractivity contribution in [1.82, 2.24) is 0 Å². The topological polar surface area (TPSA) is 52.6 Å². The van der Waals surface area contributed by atoms with E-state index < -0.39 is 11.9 Å². The average molecular weight is 346 g/mol. The van der Waals surface area contributed by atoms with Crippen LogP contribution in [-0.4, -0.2) is 11.9 Å². The van der Waals surface area contributed by atoms with Crippen LogP contribution >= 0.6 is 0 Å². The maximum Gasteiger partial charge on any atom is 0.390 e. The summed E-state index contributed by atoms with van der Waals surface area (Å²) < 4.78 is 10.2. The summed E-state index contributed by atoms with van der Waals surface area (Å²) in [4.78, 5) is 23.3. The van der Waals surface area contributed by atoms with Gasteiger partial charge < -0.3 is 9.47 Å². The SMILES string of the molecule is Cc1ccc(OC(=O)C#CC#CC(=O)Oc2ccc(C)c(C)c2)cc1C. The molecule has 4 nitrogen and oxygen atoms in total. The van der Waals surface area contributed by atoms with Gasteiger partial charge in [-0.3, -0.25) is 0 Å². The van der Waals surface area contributed by atoms with Gasteiger partial charge >= 0.3 is 11.9 Å². The van der Waals surface area contributed by atoms with Gasteiger partial charge in [-0.1, -0.05) is 12.1 Å². The molecule has 0 N–H and O–H groups in total. The number of hydrogen-bond acceptors (Lipinski definition) is 4. The molecule has 4 heteroatoms. The minimum absolute atomic E-state index is 0.412. The van der Waals surface area contributed by atoms with Crippen molar-refractivity contribution < 1.29 is 19.1 Å². The zero-order valence-electron chi connectivity index (χ0n) is 15.1. The molecule has 0 heterocycles. The minimum atomic E-state index is -0.745. The number of hydrogen-bond donors (Lipinski definition) is 0. The normalized spacial score (nSPS) is 9.23. The van der Waals surface area contributed by atoms with Crippen molar-refractivity contribution in [2.24, 2.45) is 0 Å². The van der Waals surface area contributed by atoms with Crippen LogP contribution in [0.2, 0.25) is 0 Å². The van der Waals surface area contributed by atoms with Gasteiger partial charge in [-0.2, -0.15) is 0 Å². The summed E-state index contributed by atoms with van der Waals surface area (Å²) in [6, 6.07) is 10.6. The summed E-state index contributed by atoms with van der Waals surface area (Å²) in [5.41, 5.74) is 4.22. The van der Waals surface area contributed by atoms with Gasteiger partial charge in [0.25, 0.3) is 0 Å². The van der Waals surface area contributed by atoms with E-state index in [4.69, 9.17) is 9.47 Å². The van der Waals surface area contributed by atoms with Crippen LogP contribution in [-0.2, 0) is 9.59 Å². The maximum atomic E-state index is 11.6. The van der Waals surface area contributed by atoms with Gasteiger partial charge in [0.1, 0.15) is 11.5 Å². The number of esters is 2. The summed E-state index contributed by atoms with van der Waals surface area (Å²) in [5, 5.41) is 0. The van der Waals surface area contributed by atoms with Gasteiger partial charge in [-0.15, -0.1) is 0 Å². The fraction of sp³-hybridized carbons (Fsp3) is 0.182. The standard InChI is InChI=1S/C22H18O4/c1-15-9-11-19(13-17(15)3)25-21(23)7-5-6-8-22(24)26-20-12-10-16(2)18(4)14-20/h9-14H,1-4H3. The number of carbonyl (C=O) groups excluding carboxylic acids is 2. The Morgan fingerprint density at radius 2 is 1.04 bits per heavy atom. The number of rotatable bonds is 2. The van der Waals surface area contributed by atoms with E-state index in [-0.39, 0.29) is 0 Å². The van der Waals surface area contributed by atoms with E-state index in [0.29, 0.717) is 11.5 Å². The summed E-state index contributed by atoms with van der Waals surface area (Å²) in [6.45, 7) is 7.77. The van der Waals surface area contributed by atoms with Crippen LogP contribution in [0.1, 0.15) is 22.3 Å². The van der Waals surface area contributed by atoms with Gasteiger partial charge in [-0.05, 0) is 86.1 Å². The molecule has 0 fully saturated rings. The molecule has 0 saturated carbocycles. The summed E-state index contributed by atoms with van der Waals surface area (Å²) in [7, 11) is 0. The molecule has 2 rings (SSSR count). The first-order valence-corrected chi connectivity index (χ1v) is 7.95. The molecule has 0 radical (unpaired) electrons. The summed E-state index contributed by atoms with van der Waals surface area (Å²) in [5.74, 6) is 8.31. The third-order valence-electron chi connectivity index (χ3n) is 3.77. The zero-order valence-corrected chi connectivity index (χ0v) is 15.1. The molecule has 0 atom stereocenters. The Morgan fingerprint density at radius 3 is 1.38 bits per heavy atom. The van der Waals surface area contributed by atoms with Crippen LogP contribution in [0.15, 0.2) is 36.4 Å². The van der Waals surface area contributed by atoms with Crippen molar-refractivity contribution in [3.8, 4) is 35.2 Å². The molecule has 2 aromatic rings. The molecule has 0 spiro atoms. The first-order chi connectivity index (χ1) is 12.3. The second-order valence-corrected chi connectivity index (χ2v) is 5.77. The third-order valence-corrected chi connectivity index (χ3v) is 3.77. The van der Waals surface area contributed by atoms with E-state index in [1.54, 1.807) is 24.3 Å². The Hall–Kier alpha value is -3.50. The quantitative estimate of drug-likeness (QED) is 0.362. The third kappa shape index (κ3) is 5.54. The summed E-state index contributed by atoms with van der Waals surface area (Å²) >= 11 is 0. The van der Waals surface area contributed by atoms with Crippen molar-refractivity contribution in [2.75, 3.05) is 0 Å². The van der Waals surface area contributed by atoms with E-state index in [9.17, 15) is 9.59 Å². The molecule has 0 aromatic heterocycles. The highest BCUT2D eigenvalue weighted by atomic mass is 16.5. The fourth-order valence-corrected chi connectivity index (χ4v) is 1.98. The van der Waals surface area contributed by atoms with Crippen molar-refractivity contribution in [2.45, 2.75) is 27.7 Å². The average Bonchev–Trinajstić information content (AvgIpc) is 2.58. The zero-order chi connectivity index (χ0) is 19.1. The molecular weight excluding hydrogens is 328 g/mol. The van der Waals surface area contributed by atoms with Crippen LogP contribution < -0.4 is 9.47 Å². The largest absolute Gasteiger partial charge is 0.417 e. The summed E-state index contributed by atoms with van der Waals surface area (Å²) in [6.07, 6.45) is 0. The van der Waals surface area contributed by atoms with E-state index >= 15 is 0 Å². The molecular formula is C22H18O4. The van der Waals surface area contributed by atoms with Crippen LogP contribution in [0, 0.1) is 51.4 Å². The molecule has 2 aromatic carbocycles. The Balaban J connectivity index is 1.92. The van der Waals surface area contributed by atoms with Gasteiger partial charge in [0.15, 0.2) is 0 Å². The van der Waals surface area contributed by atoms with Gasteiger partial charge in [0, 0.05) is 11.8 Å². The van der Waals surface area contributed by atoms with Gasteiger partial charge in [-0.25, -0.2) is 9.59 Å². The first-order valence-electron chi connectivity index (χ1n) is 7.95. The van der Waals surface area contributed by atoms with E-state index in [1.807, 2.05) is 39.8 Å². The van der Waals surface area contributed by atoms with E-state index in [1.165, 1.54) is 0 Å². The fourth-order valence-electron chi connectivity index (χ4n) is 1.98. The second-order valence-electron chi connectivity index (χ2n) is 5.77. The Labute approximate surface area is 153 Å². The molecule has 26 heavy (non-hydrogen) atoms. The lowest BCUT2D eigenvalue weighted by molar-refractivity contribution is -0.129. The predicted octanol–water partition coefficient (Wildman–Crippen LogP) is 3.44. The molecule has 0 aliphatic rings. The number of carbonyl (C=O) groups is 2. The lowest BCUT2D eigenvalue weighted by atomic mass is 10.1. The molecule has 0 aliphatic heterocycles. The van der Waals surface area contributed by atoms with Gasteiger partial charge in [0.05, 0.1) is 0 Å². The minimum Gasteiger partial charge on any atom is -0.417 e. The molecule has 0 aliphatic carbocycles. The lowest BCUT2D eigenvalue weighted by Crippen LogP contribution is -2.05. The van der Waals surface area contributed by atoms with Crippen LogP contribution in [0.5, 0.6) is 11.5 Å². The predicted molar refractivity (Wildman–Crippen MR) is 98.7 cm³/mol. The highest BCUT2D eigenvalue weighted by Gasteiger charge is 2.03.